The predicted molar refractivity (Wildman–Crippen MR) is 89.3 cm³/mol. The summed E-state index contributed by atoms with van der Waals surface area (Å²) in [5.41, 5.74) is 0.355. The molecule has 0 bridgehead atoms. The van der Waals surface area contributed by atoms with Gasteiger partial charge in [0.15, 0.2) is 0 Å². The van der Waals surface area contributed by atoms with E-state index < -0.39 is 5.82 Å². The van der Waals surface area contributed by atoms with E-state index in [4.69, 9.17) is 0 Å². The van der Waals surface area contributed by atoms with Gasteiger partial charge in [0.2, 0.25) is 5.91 Å². The van der Waals surface area contributed by atoms with Crippen LogP contribution in [0.5, 0.6) is 0 Å². The molecular formula is C16H23ClFN3O2. The van der Waals surface area contributed by atoms with Crippen LogP contribution in [-0.2, 0) is 4.79 Å². The van der Waals surface area contributed by atoms with Crippen LogP contribution in [0.2, 0.25) is 0 Å². The van der Waals surface area contributed by atoms with Crippen LogP contribution in [0.4, 0.5) is 4.39 Å². The molecule has 0 radical (unpaired) electrons. The minimum absolute atomic E-state index is 0. The number of hydrogen-bond acceptors (Lipinski definition) is 3. The van der Waals surface area contributed by atoms with Crippen molar-refractivity contribution in [2.45, 2.75) is 12.8 Å². The smallest absolute Gasteiger partial charge is 0.254 e. The van der Waals surface area contributed by atoms with Crippen molar-refractivity contribution < 1.29 is 14.0 Å². The van der Waals surface area contributed by atoms with E-state index in [-0.39, 0.29) is 24.2 Å². The highest BCUT2D eigenvalue weighted by Gasteiger charge is 2.24. The van der Waals surface area contributed by atoms with Crippen LogP contribution in [0.15, 0.2) is 24.3 Å². The van der Waals surface area contributed by atoms with Crippen molar-refractivity contribution >= 4 is 24.2 Å². The average Bonchev–Trinajstić information content (AvgIpc) is 2.54. The topological polar surface area (TPSA) is 52.7 Å². The maximum atomic E-state index is 13.2. The van der Waals surface area contributed by atoms with E-state index in [1.165, 1.54) is 18.2 Å². The van der Waals surface area contributed by atoms with E-state index in [0.29, 0.717) is 38.2 Å². The van der Waals surface area contributed by atoms with E-state index in [9.17, 15) is 14.0 Å². The standard InChI is InChI=1S/C16H22FN3O2.ClH/c1-18-7-3-6-15(21)19-8-10-20(11-9-19)16(22)13-4-2-5-14(17)12-13;/h2,4-5,12,18H,3,6-11H2,1H3;1H. The molecule has 1 saturated heterocycles. The molecule has 0 unspecified atom stereocenters. The molecular weight excluding hydrogens is 321 g/mol. The first kappa shape index (κ1) is 19.4. The molecule has 1 aromatic rings. The van der Waals surface area contributed by atoms with Crippen LogP contribution in [0.25, 0.3) is 0 Å². The molecule has 23 heavy (non-hydrogen) atoms. The summed E-state index contributed by atoms with van der Waals surface area (Å²) in [7, 11) is 1.86. The van der Waals surface area contributed by atoms with E-state index in [0.717, 1.165) is 13.0 Å². The Morgan fingerprint density at radius 2 is 1.83 bits per heavy atom. The third-order valence-electron chi connectivity index (χ3n) is 3.81. The molecule has 2 amide bonds. The predicted octanol–water partition coefficient (Wildman–Crippen LogP) is 1.53. The number of piperazine rings is 1. The number of nitrogens with zero attached hydrogens (tertiary/aromatic N) is 2. The van der Waals surface area contributed by atoms with Gasteiger partial charge < -0.3 is 15.1 Å². The van der Waals surface area contributed by atoms with Gasteiger partial charge in [-0.3, -0.25) is 9.59 Å². The van der Waals surface area contributed by atoms with Crippen LogP contribution < -0.4 is 5.32 Å². The summed E-state index contributed by atoms with van der Waals surface area (Å²) >= 11 is 0. The van der Waals surface area contributed by atoms with Crippen molar-refractivity contribution in [3.05, 3.63) is 35.6 Å². The molecule has 128 valence electrons. The number of carbonyl (C=O) groups excluding carboxylic acids is 2. The number of carbonyl (C=O) groups is 2. The SMILES string of the molecule is CNCCCC(=O)N1CCN(C(=O)c2cccc(F)c2)CC1.Cl. The molecule has 1 heterocycles. The number of halogens is 2. The van der Waals surface area contributed by atoms with Crippen molar-refractivity contribution in [1.82, 2.24) is 15.1 Å². The van der Waals surface area contributed by atoms with Crippen molar-refractivity contribution in [3.8, 4) is 0 Å². The first-order valence-corrected chi connectivity index (χ1v) is 7.59. The largest absolute Gasteiger partial charge is 0.339 e. The first-order chi connectivity index (χ1) is 10.6. The zero-order valence-electron chi connectivity index (χ0n) is 13.3. The first-order valence-electron chi connectivity index (χ1n) is 7.59. The average molecular weight is 344 g/mol. The second-order valence-corrected chi connectivity index (χ2v) is 5.39. The van der Waals surface area contributed by atoms with Gasteiger partial charge in [0.1, 0.15) is 5.82 Å². The summed E-state index contributed by atoms with van der Waals surface area (Å²) in [6.45, 7) is 2.89. The van der Waals surface area contributed by atoms with Gasteiger partial charge in [0.25, 0.3) is 5.91 Å². The minimum Gasteiger partial charge on any atom is -0.339 e. The minimum atomic E-state index is -0.413. The molecule has 1 N–H and O–H groups in total. The zero-order chi connectivity index (χ0) is 15.9. The van der Waals surface area contributed by atoms with Gasteiger partial charge in [0.05, 0.1) is 0 Å². The van der Waals surface area contributed by atoms with Crippen molar-refractivity contribution in [2.24, 2.45) is 0 Å². The number of benzene rings is 1. The summed E-state index contributed by atoms with van der Waals surface area (Å²) in [5.74, 6) is -0.459. The fourth-order valence-electron chi connectivity index (χ4n) is 2.54. The molecule has 5 nitrogen and oxygen atoms in total. The molecule has 0 spiro atoms. The highest BCUT2D eigenvalue weighted by Crippen LogP contribution is 2.11. The molecule has 0 aromatic heterocycles. The number of hydrogen-bond donors (Lipinski definition) is 1. The Labute approximate surface area is 142 Å². The molecule has 1 aliphatic heterocycles. The normalized spacial score (nSPS) is 14.3. The van der Waals surface area contributed by atoms with Crippen LogP contribution in [0.1, 0.15) is 23.2 Å². The highest BCUT2D eigenvalue weighted by molar-refractivity contribution is 5.94. The van der Waals surface area contributed by atoms with E-state index in [1.807, 2.05) is 7.05 Å². The Morgan fingerprint density at radius 1 is 1.17 bits per heavy atom. The summed E-state index contributed by atoms with van der Waals surface area (Å²) in [4.78, 5) is 27.8. The summed E-state index contributed by atoms with van der Waals surface area (Å²) < 4.78 is 13.2. The second kappa shape index (κ2) is 9.47. The monoisotopic (exact) mass is 343 g/mol. The van der Waals surface area contributed by atoms with E-state index in [1.54, 1.807) is 15.9 Å². The van der Waals surface area contributed by atoms with E-state index >= 15 is 0 Å². The Balaban J connectivity index is 0.00000264. The van der Waals surface area contributed by atoms with Gasteiger partial charge >= 0.3 is 0 Å². The van der Waals surface area contributed by atoms with Crippen LogP contribution >= 0.6 is 12.4 Å². The molecule has 0 atom stereocenters. The third-order valence-corrected chi connectivity index (χ3v) is 3.81. The van der Waals surface area contributed by atoms with Crippen molar-refractivity contribution in [1.29, 1.82) is 0 Å². The lowest BCUT2D eigenvalue weighted by Crippen LogP contribution is -2.50. The molecule has 0 saturated carbocycles. The molecule has 7 heteroatoms. The van der Waals surface area contributed by atoms with Gasteiger partial charge in [-0.2, -0.15) is 0 Å². The van der Waals surface area contributed by atoms with Gasteiger partial charge in [-0.05, 0) is 38.2 Å². The number of nitrogens with one attached hydrogen (secondary N) is 1. The van der Waals surface area contributed by atoms with Crippen LogP contribution in [-0.4, -0.2) is 61.4 Å². The molecule has 2 rings (SSSR count). The Hall–Kier alpha value is -1.66. The summed E-state index contributed by atoms with van der Waals surface area (Å²) in [6, 6.07) is 5.71. The summed E-state index contributed by atoms with van der Waals surface area (Å²) in [5, 5.41) is 3.02. The Kier molecular flexibility index (Phi) is 7.98. The lowest BCUT2D eigenvalue weighted by Gasteiger charge is -2.35. The maximum Gasteiger partial charge on any atom is 0.254 e. The van der Waals surface area contributed by atoms with Gasteiger partial charge in [-0.15, -0.1) is 12.4 Å². The van der Waals surface area contributed by atoms with Crippen LogP contribution in [0, 0.1) is 5.82 Å². The molecule has 1 fully saturated rings. The maximum absolute atomic E-state index is 13.2. The van der Waals surface area contributed by atoms with Gasteiger partial charge in [-0.1, -0.05) is 6.07 Å². The Morgan fingerprint density at radius 3 is 2.43 bits per heavy atom. The fraction of sp³-hybridized carbons (Fsp3) is 0.500. The lowest BCUT2D eigenvalue weighted by molar-refractivity contribution is -0.132. The van der Waals surface area contributed by atoms with E-state index in [2.05, 4.69) is 5.32 Å². The zero-order valence-corrected chi connectivity index (χ0v) is 14.1. The Bertz CT molecular complexity index is 534. The molecule has 1 aromatic carbocycles. The summed E-state index contributed by atoms with van der Waals surface area (Å²) in [6.07, 6.45) is 1.34. The van der Waals surface area contributed by atoms with Crippen molar-refractivity contribution in [3.63, 3.8) is 0 Å². The quantitative estimate of drug-likeness (QED) is 0.825. The van der Waals surface area contributed by atoms with Crippen LogP contribution in [0.3, 0.4) is 0 Å². The second-order valence-electron chi connectivity index (χ2n) is 5.39. The highest BCUT2D eigenvalue weighted by atomic mass is 35.5. The lowest BCUT2D eigenvalue weighted by atomic mass is 10.1. The number of amides is 2. The third kappa shape index (κ3) is 5.48. The number of rotatable bonds is 5. The van der Waals surface area contributed by atoms with Gasteiger partial charge in [-0.25, -0.2) is 4.39 Å². The molecule has 0 aliphatic carbocycles. The fourth-order valence-corrected chi connectivity index (χ4v) is 2.54. The van der Waals surface area contributed by atoms with Crippen molar-refractivity contribution in [2.75, 3.05) is 39.8 Å². The van der Waals surface area contributed by atoms with Gasteiger partial charge in [0, 0.05) is 38.2 Å². The molecule has 1 aliphatic rings.